The molecule has 3 N–H and O–H groups in total. The summed E-state index contributed by atoms with van der Waals surface area (Å²) in [5.41, 5.74) is -3.82. The zero-order chi connectivity index (χ0) is 23.6. The summed E-state index contributed by atoms with van der Waals surface area (Å²) in [5.74, 6) is -0.231. The SMILES string of the molecule is CCN1C[C@]2(COC)CC[C@H](O)[C@]34[C@@H]5C[C@@H]6[C@@H](OC)[C@@H]5[C@@](O)(C[C@@H]6OC)[C@](O)([C@H]13)[C@@H](OC)[C@H]24. The maximum Gasteiger partial charge on any atom is 0.136 e. The number of rotatable bonds is 6. The molecule has 0 radical (unpaired) electrons. The van der Waals surface area contributed by atoms with Gasteiger partial charge in [0, 0.05) is 70.0 Å². The van der Waals surface area contributed by atoms with Crippen LogP contribution in [-0.2, 0) is 18.9 Å². The zero-order valence-corrected chi connectivity index (χ0v) is 20.6. The van der Waals surface area contributed by atoms with Crippen molar-refractivity contribution in [2.24, 2.45) is 34.5 Å². The standard InChI is InChI=1S/C25H41NO7/c1-6-26-11-22(12-30-2)8-7-16(27)24-14-9-13-15(31-3)10-23(28,17(14)18(13)32-4)25(29,21(24)26)20(33-5)19(22)24/h13-21,27-29H,6-12H2,1-5H3/t13-,14+,15-,16-,17+,18+,19+,20-,21+,22-,23-,24-,25+/m0/s1. The number of hydrogen-bond acceptors (Lipinski definition) is 8. The van der Waals surface area contributed by atoms with E-state index in [0.717, 1.165) is 25.9 Å². The van der Waals surface area contributed by atoms with Crippen LogP contribution >= 0.6 is 0 Å². The summed E-state index contributed by atoms with van der Waals surface area (Å²) in [5, 5.41) is 37.6. The Morgan fingerprint density at radius 1 is 1.06 bits per heavy atom. The molecular weight excluding hydrogens is 426 g/mol. The van der Waals surface area contributed by atoms with Crippen molar-refractivity contribution in [1.82, 2.24) is 4.90 Å². The van der Waals surface area contributed by atoms with Gasteiger partial charge in [0.1, 0.15) is 11.2 Å². The molecule has 5 aliphatic carbocycles. The van der Waals surface area contributed by atoms with Gasteiger partial charge in [0.2, 0.25) is 0 Å². The number of hydrogen-bond donors (Lipinski definition) is 3. The minimum absolute atomic E-state index is 0.00825. The minimum atomic E-state index is -1.55. The molecule has 1 spiro atoms. The van der Waals surface area contributed by atoms with Crippen LogP contribution in [0.25, 0.3) is 0 Å². The van der Waals surface area contributed by atoms with E-state index in [2.05, 4.69) is 11.8 Å². The van der Waals surface area contributed by atoms with Gasteiger partial charge < -0.3 is 34.3 Å². The quantitative estimate of drug-likeness (QED) is 0.512. The Kier molecular flexibility index (Phi) is 4.99. The molecule has 8 nitrogen and oxygen atoms in total. The number of piperidine rings is 1. The number of ether oxygens (including phenoxy) is 4. The highest BCUT2D eigenvalue weighted by Gasteiger charge is 2.91. The van der Waals surface area contributed by atoms with Crippen molar-refractivity contribution in [2.75, 3.05) is 48.1 Å². The van der Waals surface area contributed by atoms with Crippen LogP contribution < -0.4 is 0 Å². The van der Waals surface area contributed by atoms with Gasteiger partial charge in [-0.25, -0.2) is 0 Å². The third-order valence-electron chi connectivity index (χ3n) is 11.5. The molecule has 0 aromatic carbocycles. The molecule has 8 heteroatoms. The van der Waals surface area contributed by atoms with E-state index in [1.54, 1.807) is 28.4 Å². The lowest BCUT2D eigenvalue weighted by Gasteiger charge is -2.69. The second-order valence-electron chi connectivity index (χ2n) is 11.9. The Morgan fingerprint density at radius 2 is 1.82 bits per heavy atom. The largest absolute Gasteiger partial charge is 0.392 e. The first-order valence-corrected chi connectivity index (χ1v) is 12.7. The number of aliphatic hydroxyl groups is 3. The van der Waals surface area contributed by atoms with Gasteiger partial charge in [0.25, 0.3) is 0 Å². The fraction of sp³-hybridized carbons (Fsp3) is 1.00. The van der Waals surface area contributed by atoms with Gasteiger partial charge in [-0.3, -0.25) is 4.90 Å². The van der Waals surface area contributed by atoms with Gasteiger partial charge in [-0.15, -0.1) is 0 Å². The van der Waals surface area contributed by atoms with Gasteiger partial charge in [-0.05, 0) is 31.7 Å². The minimum Gasteiger partial charge on any atom is -0.392 e. The van der Waals surface area contributed by atoms with Crippen LogP contribution in [0, 0.1) is 34.5 Å². The summed E-state index contributed by atoms with van der Waals surface area (Å²) in [7, 11) is 6.79. The van der Waals surface area contributed by atoms with E-state index in [0.29, 0.717) is 19.4 Å². The zero-order valence-electron chi connectivity index (χ0n) is 20.6. The Morgan fingerprint density at radius 3 is 2.42 bits per heavy atom. The predicted octanol–water partition coefficient (Wildman–Crippen LogP) is 0.271. The number of likely N-dealkylation sites (tertiary alicyclic amines) is 1. The number of methoxy groups -OCH3 is 4. The molecule has 1 heterocycles. The Bertz CT molecular complexity index is 814. The molecule has 0 unspecified atom stereocenters. The normalized spacial score (nSPS) is 60.9. The third-order valence-corrected chi connectivity index (χ3v) is 11.5. The number of fused-ring (bicyclic) bond motifs is 2. The first-order valence-electron chi connectivity index (χ1n) is 12.7. The fourth-order valence-corrected chi connectivity index (χ4v) is 11.0. The molecule has 33 heavy (non-hydrogen) atoms. The summed E-state index contributed by atoms with van der Waals surface area (Å²) in [6.07, 6.45) is 1.06. The Hall–Kier alpha value is -0.320. The van der Waals surface area contributed by atoms with Crippen molar-refractivity contribution < 1.29 is 34.3 Å². The lowest BCUT2D eigenvalue weighted by molar-refractivity contribution is -0.318. The molecule has 0 aromatic rings. The molecule has 13 atom stereocenters. The Balaban J connectivity index is 1.67. The fourth-order valence-electron chi connectivity index (χ4n) is 11.0. The third kappa shape index (κ3) is 2.20. The predicted molar refractivity (Wildman–Crippen MR) is 119 cm³/mol. The van der Waals surface area contributed by atoms with Crippen LogP contribution in [0.1, 0.15) is 32.6 Å². The van der Waals surface area contributed by atoms with E-state index in [4.69, 9.17) is 18.9 Å². The average Bonchev–Trinajstić information content (AvgIpc) is 3.22. The number of likely N-dealkylation sites (N-methyl/N-ethyl adjacent to an activating group) is 1. The lowest BCUT2D eigenvalue weighted by Crippen LogP contribution is -2.82. The highest BCUT2D eigenvalue weighted by molar-refractivity contribution is 5.41. The van der Waals surface area contributed by atoms with E-state index in [9.17, 15) is 15.3 Å². The highest BCUT2D eigenvalue weighted by atomic mass is 16.5. The molecule has 1 aliphatic heterocycles. The van der Waals surface area contributed by atoms with Crippen LogP contribution in [0.5, 0.6) is 0 Å². The first kappa shape index (κ1) is 23.1. The van der Waals surface area contributed by atoms with Crippen molar-refractivity contribution in [3.05, 3.63) is 0 Å². The van der Waals surface area contributed by atoms with Gasteiger partial charge in [0.15, 0.2) is 0 Å². The van der Waals surface area contributed by atoms with Gasteiger partial charge in [0.05, 0.1) is 37.1 Å². The van der Waals surface area contributed by atoms with E-state index in [-0.39, 0.29) is 47.3 Å². The molecule has 0 amide bonds. The molecule has 6 fully saturated rings. The van der Waals surface area contributed by atoms with Crippen LogP contribution in [0.3, 0.4) is 0 Å². The van der Waals surface area contributed by atoms with Crippen molar-refractivity contribution in [2.45, 2.75) is 74.3 Å². The summed E-state index contributed by atoms with van der Waals surface area (Å²) < 4.78 is 24.0. The molecule has 7 bridgehead atoms. The van der Waals surface area contributed by atoms with Crippen molar-refractivity contribution >= 4 is 0 Å². The number of nitrogens with zero attached hydrogens (tertiary/aromatic N) is 1. The Labute approximate surface area is 196 Å². The van der Waals surface area contributed by atoms with Crippen LogP contribution in [-0.4, -0.2) is 110 Å². The number of aliphatic hydroxyl groups excluding tert-OH is 1. The second-order valence-corrected chi connectivity index (χ2v) is 11.9. The maximum absolute atomic E-state index is 12.9. The molecule has 0 aromatic heterocycles. The van der Waals surface area contributed by atoms with Crippen molar-refractivity contribution in [1.29, 1.82) is 0 Å². The van der Waals surface area contributed by atoms with Gasteiger partial charge in [-0.2, -0.15) is 0 Å². The topological polar surface area (TPSA) is 101 Å². The van der Waals surface area contributed by atoms with E-state index in [1.807, 2.05) is 0 Å². The van der Waals surface area contributed by atoms with E-state index in [1.165, 1.54) is 0 Å². The highest BCUT2D eigenvalue weighted by Crippen LogP contribution is 2.80. The molecule has 1 saturated heterocycles. The smallest absolute Gasteiger partial charge is 0.136 e. The van der Waals surface area contributed by atoms with Gasteiger partial charge in [-0.1, -0.05) is 6.92 Å². The molecular formula is C25H41NO7. The second kappa shape index (κ2) is 7.13. The first-order chi connectivity index (χ1) is 15.8. The van der Waals surface area contributed by atoms with Gasteiger partial charge >= 0.3 is 0 Å². The average molecular weight is 468 g/mol. The van der Waals surface area contributed by atoms with E-state index < -0.39 is 28.8 Å². The summed E-state index contributed by atoms with van der Waals surface area (Å²) in [4.78, 5) is 2.33. The summed E-state index contributed by atoms with van der Waals surface area (Å²) >= 11 is 0. The molecule has 6 aliphatic rings. The molecule has 5 saturated carbocycles. The van der Waals surface area contributed by atoms with Crippen LogP contribution in [0.2, 0.25) is 0 Å². The van der Waals surface area contributed by atoms with Crippen LogP contribution in [0.4, 0.5) is 0 Å². The maximum atomic E-state index is 12.9. The molecule has 188 valence electrons. The molecule has 6 rings (SSSR count). The monoisotopic (exact) mass is 467 g/mol. The summed E-state index contributed by atoms with van der Waals surface area (Å²) in [6, 6.07) is -0.386. The summed E-state index contributed by atoms with van der Waals surface area (Å²) in [6.45, 7) is 4.18. The van der Waals surface area contributed by atoms with Crippen molar-refractivity contribution in [3.8, 4) is 0 Å². The lowest BCUT2D eigenvalue weighted by atomic mass is 9.42. The van der Waals surface area contributed by atoms with Crippen molar-refractivity contribution in [3.63, 3.8) is 0 Å². The van der Waals surface area contributed by atoms with Crippen LogP contribution in [0.15, 0.2) is 0 Å². The van der Waals surface area contributed by atoms with E-state index >= 15 is 0 Å².